The lowest BCUT2D eigenvalue weighted by Crippen LogP contribution is -2.53. The highest BCUT2D eigenvalue weighted by Crippen LogP contribution is 2.34. The lowest BCUT2D eigenvalue weighted by Gasteiger charge is -2.35. The number of carbonyl (C=O) groups excluding carboxylic acids is 2. The molecular formula is C17H26N4O3. The standard InChI is InChI=1S/C17H26N4O3/c1-11(22)21-9-13(7-14(23)10-21)18-17(24)15-8-16(20(2)19-15)12-5-3-4-6-12/h8,12-14,23H,3-7,9-10H2,1-2H3,(H,18,24). The van der Waals surface area contributed by atoms with E-state index in [0.29, 0.717) is 31.1 Å². The Morgan fingerprint density at radius 3 is 2.67 bits per heavy atom. The number of carbonyl (C=O) groups is 2. The van der Waals surface area contributed by atoms with Crippen molar-refractivity contribution in [2.24, 2.45) is 7.05 Å². The number of rotatable bonds is 3. The van der Waals surface area contributed by atoms with Gasteiger partial charge in [0.2, 0.25) is 5.91 Å². The van der Waals surface area contributed by atoms with E-state index < -0.39 is 6.10 Å². The average molecular weight is 334 g/mol. The molecule has 0 aromatic carbocycles. The molecule has 1 aliphatic carbocycles. The molecule has 1 aromatic heterocycles. The number of aliphatic hydroxyl groups excluding tert-OH is 1. The van der Waals surface area contributed by atoms with Crippen LogP contribution in [0.25, 0.3) is 0 Å². The Bertz CT molecular complexity index is 621. The summed E-state index contributed by atoms with van der Waals surface area (Å²) in [5, 5.41) is 17.2. The lowest BCUT2D eigenvalue weighted by atomic mass is 10.0. The van der Waals surface area contributed by atoms with Gasteiger partial charge < -0.3 is 15.3 Å². The van der Waals surface area contributed by atoms with Crippen LogP contribution in [-0.4, -0.2) is 56.8 Å². The molecule has 1 aromatic rings. The summed E-state index contributed by atoms with van der Waals surface area (Å²) in [4.78, 5) is 25.6. The van der Waals surface area contributed by atoms with Crippen LogP contribution < -0.4 is 5.32 Å². The topological polar surface area (TPSA) is 87.5 Å². The average Bonchev–Trinajstić information content (AvgIpc) is 3.15. The first-order valence-corrected chi connectivity index (χ1v) is 8.72. The molecule has 2 heterocycles. The smallest absolute Gasteiger partial charge is 0.272 e. The van der Waals surface area contributed by atoms with E-state index in [4.69, 9.17) is 0 Å². The summed E-state index contributed by atoms with van der Waals surface area (Å²) in [5.41, 5.74) is 1.53. The molecule has 2 unspecified atom stereocenters. The monoisotopic (exact) mass is 334 g/mol. The van der Waals surface area contributed by atoms with E-state index >= 15 is 0 Å². The van der Waals surface area contributed by atoms with Crippen molar-refractivity contribution in [2.75, 3.05) is 13.1 Å². The van der Waals surface area contributed by atoms with E-state index in [1.807, 2.05) is 17.8 Å². The molecule has 1 aliphatic heterocycles. The van der Waals surface area contributed by atoms with E-state index in [1.54, 1.807) is 4.90 Å². The zero-order valence-corrected chi connectivity index (χ0v) is 14.4. The minimum absolute atomic E-state index is 0.0886. The Labute approximate surface area is 142 Å². The summed E-state index contributed by atoms with van der Waals surface area (Å²) in [5.74, 6) is 0.167. The minimum atomic E-state index is -0.606. The number of hydrogen-bond donors (Lipinski definition) is 2. The maximum Gasteiger partial charge on any atom is 0.272 e. The normalized spacial score (nSPS) is 25.0. The Hall–Kier alpha value is -1.89. The number of aromatic nitrogens is 2. The fraction of sp³-hybridized carbons (Fsp3) is 0.706. The zero-order chi connectivity index (χ0) is 17.3. The molecule has 0 spiro atoms. The Kier molecular flexibility index (Phi) is 4.89. The number of aliphatic hydroxyl groups is 1. The summed E-state index contributed by atoms with van der Waals surface area (Å²) in [6.45, 7) is 2.24. The first-order chi connectivity index (χ1) is 11.4. The van der Waals surface area contributed by atoms with Crippen LogP contribution in [0.15, 0.2) is 6.07 Å². The predicted octanol–water partition coefficient (Wildman–Crippen LogP) is 0.789. The second kappa shape index (κ2) is 6.93. The van der Waals surface area contributed by atoms with Gasteiger partial charge in [-0.25, -0.2) is 0 Å². The molecule has 2 aliphatic rings. The van der Waals surface area contributed by atoms with Gasteiger partial charge in [-0.15, -0.1) is 0 Å². The SMILES string of the molecule is CC(=O)N1CC(O)CC(NC(=O)c2cc(C3CCCC3)n(C)n2)C1. The van der Waals surface area contributed by atoms with E-state index in [-0.39, 0.29) is 17.9 Å². The van der Waals surface area contributed by atoms with Crippen molar-refractivity contribution in [1.82, 2.24) is 20.0 Å². The van der Waals surface area contributed by atoms with E-state index in [2.05, 4.69) is 10.4 Å². The molecule has 2 fully saturated rings. The third-order valence-electron chi connectivity index (χ3n) is 5.13. The highest BCUT2D eigenvalue weighted by molar-refractivity contribution is 5.92. The molecule has 0 bridgehead atoms. The van der Waals surface area contributed by atoms with Crippen molar-refractivity contribution in [3.05, 3.63) is 17.5 Å². The second-order valence-corrected chi connectivity index (χ2v) is 7.04. The zero-order valence-electron chi connectivity index (χ0n) is 14.4. The number of nitrogens with zero attached hydrogens (tertiary/aromatic N) is 3. The number of likely N-dealkylation sites (tertiary alicyclic amines) is 1. The van der Waals surface area contributed by atoms with Crippen molar-refractivity contribution in [1.29, 1.82) is 0 Å². The maximum atomic E-state index is 12.5. The van der Waals surface area contributed by atoms with Gasteiger partial charge in [-0.2, -0.15) is 5.10 Å². The molecule has 2 atom stereocenters. The quantitative estimate of drug-likeness (QED) is 0.855. The number of hydrogen-bond acceptors (Lipinski definition) is 4. The van der Waals surface area contributed by atoms with Crippen LogP contribution in [0.4, 0.5) is 0 Å². The van der Waals surface area contributed by atoms with Crippen LogP contribution in [0.5, 0.6) is 0 Å². The highest BCUT2D eigenvalue weighted by atomic mass is 16.3. The molecule has 3 rings (SSSR count). The number of nitrogens with one attached hydrogen (secondary N) is 1. The largest absolute Gasteiger partial charge is 0.391 e. The molecular weight excluding hydrogens is 308 g/mol. The van der Waals surface area contributed by atoms with Gasteiger partial charge in [0.25, 0.3) is 5.91 Å². The third kappa shape index (κ3) is 3.61. The Balaban J connectivity index is 1.66. The van der Waals surface area contributed by atoms with Crippen LogP contribution in [0.3, 0.4) is 0 Å². The molecule has 132 valence electrons. The van der Waals surface area contributed by atoms with Crippen molar-refractivity contribution >= 4 is 11.8 Å². The van der Waals surface area contributed by atoms with Crippen LogP contribution in [0.2, 0.25) is 0 Å². The van der Waals surface area contributed by atoms with Crippen LogP contribution in [0.1, 0.15) is 61.1 Å². The molecule has 0 radical (unpaired) electrons. The fourth-order valence-electron chi connectivity index (χ4n) is 3.89. The van der Waals surface area contributed by atoms with E-state index in [0.717, 1.165) is 18.5 Å². The van der Waals surface area contributed by atoms with Crippen LogP contribution >= 0.6 is 0 Å². The first-order valence-electron chi connectivity index (χ1n) is 8.72. The van der Waals surface area contributed by atoms with Gasteiger partial charge in [0.05, 0.1) is 6.10 Å². The molecule has 1 saturated carbocycles. The number of β-amino-alcohol motifs (C(OH)–C–C–N with tert-alkyl or cyclic N) is 1. The summed E-state index contributed by atoms with van der Waals surface area (Å²) in [6.07, 6.45) is 4.63. The van der Waals surface area contributed by atoms with Crippen molar-refractivity contribution in [3.63, 3.8) is 0 Å². The van der Waals surface area contributed by atoms with Crippen LogP contribution in [0, 0.1) is 0 Å². The Morgan fingerprint density at radius 1 is 1.29 bits per heavy atom. The molecule has 1 saturated heterocycles. The van der Waals surface area contributed by atoms with Crippen LogP contribution in [-0.2, 0) is 11.8 Å². The lowest BCUT2D eigenvalue weighted by molar-refractivity contribution is -0.132. The molecule has 2 N–H and O–H groups in total. The fourth-order valence-corrected chi connectivity index (χ4v) is 3.89. The minimum Gasteiger partial charge on any atom is -0.391 e. The summed E-state index contributed by atoms with van der Waals surface area (Å²) in [7, 11) is 1.88. The van der Waals surface area contributed by atoms with E-state index in [9.17, 15) is 14.7 Å². The van der Waals surface area contributed by atoms with Crippen molar-refractivity contribution in [3.8, 4) is 0 Å². The van der Waals surface area contributed by atoms with Gasteiger partial charge in [0, 0.05) is 44.7 Å². The van der Waals surface area contributed by atoms with E-state index in [1.165, 1.54) is 19.8 Å². The van der Waals surface area contributed by atoms with Gasteiger partial charge in [-0.3, -0.25) is 14.3 Å². The van der Waals surface area contributed by atoms with Gasteiger partial charge >= 0.3 is 0 Å². The van der Waals surface area contributed by atoms with Gasteiger partial charge in [-0.1, -0.05) is 12.8 Å². The molecule has 2 amide bonds. The molecule has 7 nitrogen and oxygen atoms in total. The predicted molar refractivity (Wildman–Crippen MR) is 88.5 cm³/mol. The highest BCUT2D eigenvalue weighted by Gasteiger charge is 2.29. The van der Waals surface area contributed by atoms with Crippen molar-refractivity contribution < 1.29 is 14.7 Å². The molecule has 24 heavy (non-hydrogen) atoms. The summed E-state index contributed by atoms with van der Waals surface area (Å²) >= 11 is 0. The van der Waals surface area contributed by atoms with Gasteiger partial charge in [0.1, 0.15) is 5.69 Å². The number of aryl methyl sites for hydroxylation is 1. The summed E-state index contributed by atoms with van der Waals surface area (Å²) in [6, 6.07) is 1.63. The number of piperidine rings is 1. The first kappa shape index (κ1) is 17.0. The molecule has 7 heteroatoms. The second-order valence-electron chi connectivity index (χ2n) is 7.04. The number of amides is 2. The maximum absolute atomic E-state index is 12.5. The van der Waals surface area contributed by atoms with Gasteiger partial charge in [0.15, 0.2) is 0 Å². The van der Waals surface area contributed by atoms with Gasteiger partial charge in [-0.05, 0) is 25.3 Å². The summed E-state index contributed by atoms with van der Waals surface area (Å²) < 4.78 is 1.81. The Morgan fingerprint density at radius 2 is 2.00 bits per heavy atom. The van der Waals surface area contributed by atoms with Crippen molar-refractivity contribution in [2.45, 2.75) is 57.1 Å². The third-order valence-corrected chi connectivity index (χ3v) is 5.13.